The number of halogens is 2. The van der Waals surface area contributed by atoms with E-state index in [-0.39, 0.29) is 16.4 Å². The Balaban J connectivity index is 3.13. The van der Waals surface area contributed by atoms with Gasteiger partial charge in [0.15, 0.2) is 0 Å². The maximum atomic E-state index is 10.5. The van der Waals surface area contributed by atoms with Crippen molar-refractivity contribution in [1.82, 2.24) is 0 Å². The van der Waals surface area contributed by atoms with Gasteiger partial charge in [-0.25, -0.2) is 4.79 Å². The highest BCUT2D eigenvalue weighted by atomic mass is 35.5. The van der Waals surface area contributed by atoms with Gasteiger partial charge in [0.05, 0.1) is 16.4 Å². The van der Waals surface area contributed by atoms with E-state index in [0.29, 0.717) is 5.02 Å². The molecule has 0 unspecified atom stereocenters. The summed E-state index contributed by atoms with van der Waals surface area (Å²) in [5, 5.41) is 2.95. The molecule has 13 heavy (non-hydrogen) atoms. The summed E-state index contributed by atoms with van der Waals surface area (Å²) in [7, 11) is 0. The quantitative estimate of drug-likeness (QED) is 0.633. The lowest BCUT2D eigenvalue weighted by atomic mass is 10.2. The highest BCUT2D eigenvalue weighted by Crippen LogP contribution is 2.31. The van der Waals surface area contributed by atoms with Crippen molar-refractivity contribution in [2.75, 3.05) is 11.1 Å². The van der Waals surface area contributed by atoms with Crippen LogP contribution < -0.4 is 16.8 Å². The van der Waals surface area contributed by atoms with Gasteiger partial charge in [0.1, 0.15) is 0 Å². The van der Waals surface area contributed by atoms with Crippen molar-refractivity contribution < 1.29 is 4.79 Å². The zero-order valence-corrected chi connectivity index (χ0v) is 7.99. The molecule has 0 bridgehead atoms. The molecule has 6 heteroatoms. The number of nitrogens with one attached hydrogen (secondary N) is 1. The van der Waals surface area contributed by atoms with Gasteiger partial charge < -0.3 is 16.8 Å². The number of primary amides is 1. The van der Waals surface area contributed by atoms with Gasteiger partial charge in [0, 0.05) is 5.02 Å². The van der Waals surface area contributed by atoms with Crippen molar-refractivity contribution in [3.8, 4) is 0 Å². The molecule has 0 saturated heterocycles. The summed E-state index contributed by atoms with van der Waals surface area (Å²) in [5.41, 5.74) is 11.0. The van der Waals surface area contributed by atoms with Crippen LogP contribution in [-0.4, -0.2) is 6.03 Å². The summed E-state index contributed by atoms with van der Waals surface area (Å²) in [6.07, 6.45) is 0. The molecule has 0 aliphatic rings. The van der Waals surface area contributed by atoms with Gasteiger partial charge in [-0.2, -0.15) is 0 Å². The molecule has 0 aromatic heterocycles. The molecule has 70 valence electrons. The first-order valence-electron chi connectivity index (χ1n) is 3.31. The maximum Gasteiger partial charge on any atom is 0.316 e. The highest BCUT2D eigenvalue weighted by molar-refractivity contribution is 6.37. The Morgan fingerprint density at radius 1 is 1.38 bits per heavy atom. The summed E-state index contributed by atoms with van der Waals surface area (Å²) in [4.78, 5) is 10.5. The average molecular weight is 220 g/mol. The molecule has 1 aromatic carbocycles. The molecular formula is C7H7Cl2N3O. The molecule has 2 amide bonds. The molecule has 0 saturated carbocycles. The fourth-order valence-corrected chi connectivity index (χ4v) is 1.40. The fraction of sp³-hybridized carbons (Fsp3) is 0. The van der Waals surface area contributed by atoms with Gasteiger partial charge in [-0.1, -0.05) is 23.2 Å². The minimum Gasteiger partial charge on any atom is -0.397 e. The monoisotopic (exact) mass is 219 g/mol. The Hall–Kier alpha value is -1.13. The van der Waals surface area contributed by atoms with Crippen LogP contribution in [0.4, 0.5) is 16.2 Å². The summed E-state index contributed by atoms with van der Waals surface area (Å²) in [5.74, 6) is 0. The van der Waals surface area contributed by atoms with Crippen molar-refractivity contribution >= 4 is 40.6 Å². The predicted molar refractivity (Wildman–Crippen MR) is 54.1 cm³/mol. The van der Waals surface area contributed by atoms with Crippen LogP contribution in [0.2, 0.25) is 10.0 Å². The molecule has 0 aliphatic heterocycles. The number of hydrogen-bond donors (Lipinski definition) is 3. The number of carbonyl (C=O) groups excluding carboxylic acids is 1. The summed E-state index contributed by atoms with van der Waals surface area (Å²) < 4.78 is 0. The lowest BCUT2D eigenvalue weighted by Gasteiger charge is -2.08. The van der Waals surface area contributed by atoms with E-state index < -0.39 is 6.03 Å². The number of urea groups is 1. The maximum absolute atomic E-state index is 10.5. The number of nitrogen functional groups attached to an aromatic ring is 1. The molecule has 0 fully saturated rings. The van der Waals surface area contributed by atoms with Crippen LogP contribution in [0.5, 0.6) is 0 Å². The standard InChI is InChI=1S/C7H7Cl2N3O/c8-3-1-4(9)6(5(10)2-3)12-7(11)13/h1-2H,10H2,(H3,11,12,13). The van der Waals surface area contributed by atoms with Crippen LogP contribution in [-0.2, 0) is 0 Å². The van der Waals surface area contributed by atoms with Crippen LogP contribution in [0.3, 0.4) is 0 Å². The summed E-state index contributed by atoms with van der Waals surface area (Å²) in [6, 6.07) is 2.21. The second-order valence-electron chi connectivity index (χ2n) is 2.34. The SMILES string of the molecule is NC(=O)Nc1c(N)cc(Cl)cc1Cl. The van der Waals surface area contributed by atoms with Gasteiger partial charge in [-0.05, 0) is 12.1 Å². The Bertz CT molecular complexity index is 331. The van der Waals surface area contributed by atoms with Crippen molar-refractivity contribution in [2.45, 2.75) is 0 Å². The first-order valence-corrected chi connectivity index (χ1v) is 4.07. The van der Waals surface area contributed by atoms with E-state index in [9.17, 15) is 4.79 Å². The van der Waals surface area contributed by atoms with Gasteiger partial charge >= 0.3 is 6.03 Å². The van der Waals surface area contributed by atoms with Crippen LogP contribution in [0.25, 0.3) is 0 Å². The van der Waals surface area contributed by atoms with E-state index in [1.165, 1.54) is 12.1 Å². The second-order valence-corrected chi connectivity index (χ2v) is 3.18. The molecule has 0 spiro atoms. The first-order chi connectivity index (χ1) is 6.00. The van der Waals surface area contributed by atoms with Crippen molar-refractivity contribution in [2.24, 2.45) is 5.73 Å². The molecule has 4 nitrogen and oxygen atoms in total. The van der Waals surface area contributed by atoms with E-state index in [2.05, 4.69) is 5.32 Å². The minimum atomic E-state index is -0.726. The van der Waals surface area contributed by atoms with Crippen molar-refractivity contribution in [3.05, 3.63) is 22.2 Å². The Morgan fingerprint density at radius 2 is 2.00 bits per heavy atom. The number of rotatable bonds is 1. The molecule has 0 heterocycles. The number of amides is 2. The Kier molecular flexibility index (Phi) is 2.85. The van der Waals surface area contributed by atoms with Gasteiger partial charge in [0.25, 0.3) is 0 Å². The molecule has 1 aromatic rings. The summed E-state index contributed by atoms with van der Waals surface area (Å²) in [6.45, 7) is 0. The molecular weight excluding hydrogens is 213 g/mol. The molecule has 5 N–H and O–H groups in total. The van der Waals surface area contributed by atoms with E-state index in [0.717, 1.165) is 0 Å². The lowest BCUT2D eigenvalue weighted by Crippen LogP contribution is -2.20. The van der Waals surface area contributed by atoms with E-state index >= 15 is 0 Å². The molecule has 0 radical (unpaired) electrons. The van der Waals surface area contributed by atoms with Crippen molar-refractivity contribution in [3.63, 3.8) is 0 Å². The lowest BCUT2D eigenvalue weighted by molar-refractivity contribution is 0.259. The van der Waals surface area contributed by atoms with Crippen LogP contribution in [0.15, 0.2) is 12.1 Å². The molecule has 0 aliphatic carbocycles. The average Bonchev–Trinajstić information content (AvgIpc) is 1.96. The third kappa shape index (κ3) is 2.40. The summed E-state index contributed by atoms with van der Waals surface area (Å²) >= 11 is 11.4. The largest absolute Gasteiger partial charge is 0.397 e. The number of anilines is 2. The Labute approximate surface area is 84.8 Å². The fourth-order valence-electron chi connectivity index (χ4n) is 0.849. The number of carbonyl (C=O) groups is 1. The normalized spacial score (nSPS) is 9.69. The van der Waals surface area contributed by atoms with Crippen LogP contribution in [0.1, 0.15) is 0 Å². The van der Waals surface area contributed by atoms with E-state index in [1.807, 2.05) is 0 Å². The third-order valence-corrected chi connectivity index (χ3v) is 1.85. The zero-order valence-electron chi connectivity index (χ0n) is 6.47. The van der Waals surface area contributed by atoms with Crippen LogP contribution in [0, 0.1) is 0 Å². The van der Waals surface area contributed by atoms with Crippen LogP contribution >= 0.6 is 23.2 Å². The predicted octanol–water partition coefficient (Wildman–Crippen LogP) is 2.07. The number of nitrogens with two attached hydrogens (primary N) is 2. The minimum absolute atomic E-state index is 0.254. The number of benzene rings is 1. The smallest absolute Gasteiger partial charge is 0.316 e. The zero-order chi connectivity index (χ0) is 10.0. The number of hydrogen-bond acceptors (Lipinski definition) is 2. The first kappa shape index (κ1) is 9.95. The second kappa shape index (κ2) is 3.72. The topological polar surface area (TPSA) is 81.1 Å². The van der Waals surface area contributed by atoms with E-state index in [1.54, 1.807) is 0 Å². The van der Waals surface area contributed by atoms with Gasteiger partial charge in [-0.15, -0.1) is 0 Å². The third-order valence-electron chi connectivity index (χ3n) is 1.33. The highest BCUT2D eigenvalue weighted by Gasteiger charge is 2.07. The van der Waals surface area contributed by atoms with Gasteiger partial charge in [0.2, 0.25) is 0 Å². The van der Waals surface area contributed by atoms with Gasteiger partial charge in [-0.3, -0.25) is 0 Å². The molecule has 0 atom stereocenters. The van der Waals surface area contributed by atoms with Crippen molar-refractivity contribution in [1.29, 1.82) is 0 Å². The molecule has 1 rings (SSSR count). The van der Waals surface area contributed by atoms with E-state index in [4.69, 9.17) is 34.7 Å². The Morgan fingerprint density at radius 3 is 2.46 bits per heavy atom.